The molecule has 0 radical (unpaired) electrons. The number of benzene rings is 1. The van der Waals surface area contributed by atoms with Gasteiger partial charge in [0.2, 0.25) is 5.91 Å². The molecule has 0 spiro atoms. The molecule has 1 fully saturated rings. The lowest BCUT2D eigenvalue weighted by atomic mass is 10.1. The van der Waals surface area contributed by atoms with Gasteiger partial charge in [-0.15, -0.1) is 0 Å². The zero-order chi connectivity index (χ0) is 18.5. The molecule has 6 nitrogen and oxygen atoms in total. The summed E-state index contributed by atoms with van der Waals surface area (Å²) in [6, 6.07) is 7.55. The van der Waals surface area contributed by atoms with Gasteiger partial charge >= 0.3 is 0 Å². The van der Waals surface area contributed by atoms with Gasteiger partial charge in [0.05, 0.1) is 17.5 Å². The summed E-state index contributed by atoms with van der Waals surface area (Å²) in [4.78, 5) is 27.5. The van der Waals surface area contributed by atoms with E-state index < -0.39 is 0 Å². The second-order valence-electron chi connectivity index (χ2n) is 6.97. The molecule has 1 aromatic carbocycles. The Morgan fingerprint density at radius 2 is 1.88 bits per heavy atom. The largest absolute Gasteiger partial charge is 0.352 e. The first-order valence-electron chi connectivity index (χ1n) is 9.62. The van der Waals surface area contributed by atoms with E-state index in [0.29, 0.717) is 17.6 Å². The van der Waals surface area contributed by atoms with Crippen LogP contribution in [0, 0.1) is 0 Å². The Balaban J connectivity index is 1.76. The number of carbonyl (C=O) groups excluding carboxylic acids is 1. The van der Waals surface area contributed by atoms with E-state index in [0.717, 1.165) is 31.4 Å². The van der Waals surface area contributed by atoms with Gasteiger partial charge in [-0.05, 0) is 45.3 Å². The highest BCUT2D eigenvalue weighted by atomic mass is 16.2. The molecule has 140 valence electrons. The summed E-state index contributed by atoms with van der Waals surface area (Å²) in [6.45, 7) is 7.64. The lowest BCUT2D eigenvalue weighted by Crippen LogP contribution is -2.43. The van der Waals surface area contributed by atoms with E-state index in [1.54, 1.807) is 6.07 Å². The predicted molar refractivity (Wildman–Crippen MR) is 103 cm³/mol. The lowest BCUT2D eigenvalue weighted by molar-refractivity contribution is -0.121. The molecular formula is C20H28N4O2. The van der Waals surface area contributed by atoms with Crippen molar-refractivity contribution in [3.8, 4) is 0 Å². The molecule has 1 amide bonds. The highest BCUT2D eigenvalue weighted by Crippen LogP contribution is 2.14. The number of nitrogens with one attached hydrogen (secondary N) is 1. The molecule has 1 atom stereocenters. The summed E-state index contributed by atoms with van der Waals surface area (Å²) in [6.07, 6.45) is 3.60. The fourth-order valence-electron chi connectivity index (χ4n) is 3.63. The first-order chi connectivity index (χ1) is 12.6. The quantitative estimate of drug-likeness (QED) is 0.823. The maximum atomic E-state index is 12.6. The minimum atomic E-state index is -0.104. The Kier molecular flexibility index (Phi) is 6.04. The standard InChI is InChI=1S/C20H28N4O2/c1-3-15(14-23-11-7-8-12-23)21-19(25)13-18-16-9-5-6-10-17(16)20(26)24(4-2)22-18/h5-6,9-10,15H,3-4,7-8,11-14H2,1-2H3,(H,21,25)/t15-/m1/s1. The average molecular weight is 356 g/mol. The summed E-state index contributed by atoms with van der Waals surface area (Å²) in [5.41, 5.74) is 0.559. The summed E-state index contributed by atoms with van der Waals surface area (Å²) in [5, 5.41) is 8.97. The van der Waals surface area contributed by atoms with Crippen molar-refractivity contribution < 1.29 is 4.79 Å². The number of rotatable bonds is 7. The number of aromatic nitrogens is 2. The lowest BCUT2D eigenvalue weighted by Gasteiger charge is -2.23. The monoisotopic (exact) mass is 356 g/mol. The van der Waals surface area contributed by atoms with Gasteiger partial charge in [0.25, 0.3) is 5.56 Å². The molecule has 0 aliphatic carbocycles. The van der Waals surface area contributed by atoms with Gasteiger partial charge in [0.1, 0.15) is 0 Å². The molecule has 0 bridgehead atoms. The second-order valence-corrected chi connectivity index (χ2v) is 6.97. The van der Waals surface area contributed by atoms with Crippen molar-refractivity contribution in [3.05, 3.63) is 40.3 Å². The van der Waals surface area contributed by atoms with Gasteiger partial charge in [0.15, 0.2) is 0 Å². The maximum Gasteiger partial charge on any atom is 0.274 e. The van der Waals surface area contributed by atoms with Crippen LogP contribution in [0.15, 0.2) is 29.1 Å². The van der Waals surface area contributed by atoms with Crippen LogP contribution in [0.1, 0.15) is 38.8 Å². The number of likely N-dealkylation sites (tertiary alicyclic amines) is 1. The molecule has 1 aliphatic rings. The molecule has 1 N–H and O–H groups in total. The molecule has 1 saturated heterocycles. The number of hydrogen-bond acceptors (Lipinski definition) is 4. The van der Waals surface area contributed by atoms with Crippen molar-refractivity contribution in [1.82, 2.24) is 20.0 Å². The number of nitrogens with zero attached hydrogens (tertiary/aromatic N) is 3. The summed E-state index contributed by atoms with van der Waals surface area (Å²) >= 11 is 0. The van der Waals surface area contributed by atoms with E-state index >= 15 is 0 Å². The molecule has 0 unspecified atom stereocenters. The van der Waals surface area contributed by atoms with Crippen LogP contribution in [0.2, 0.25) is 0 Å². The summed E-state index contributed by atoms with van der Waals surface area (Å²) in [5.74, 6) is -0.0324. The van der Waals surface area contributed by atoms with Gasteiger partial charge in [-0.2, -0.15) is 5.10 Å². The van der Waals surface area contributed by atoms with Crippen molar-refractivity contribution in [2.45, 2.75) is 52.1 Å². The van der Waals surface area contributed by atoms with Crippen LogP contribution in [0.3, 0.4) is 0 Å². The predicted octanol–water partition coefficient (Wildman–Crippen LogP) is 1.95. The Hall–Kier alpha value is -2.21. The van der Waals surface area contributed by atoms with Crippen LogP contribution in [-0.2, 0) is 17.8 Å². The first-order valence-corrected chi connectivity index (χ1v) is 9.62. The second kappa shape index (κ2) is 8.45. The number of hydrogen-bond donors (Lipinski definition) is 1. The van der Waals surface area contributed by atoms with Crippen LogP contribution in [0.25, 0.3) is 10.8 Å². The van der Waals surface area contributed by atoms with Crippen molar-refractivity contribution in [3.63, 3.8) is 0 Å². The van der Waals surface area contributed by atoms with Crippen molar-refractivity contribution >= 4 is 16.7 Å². The molecule has 0 saturated carbocycles. The number of aryl methyl sites for hydroxylation is 1. The Morgan fingerprint density at radius 1 is 1.19 bits per heavy atom. The van der Waals surface area contributed by atoms with E-state index in [2.05, 4.69) is 22.2 Å². The fraction of sp³-hybridized carbons (Fsp3) is 0.550. The Labute approximate surface area is 154 Å². The van der Waals surface area contributed by atoms with E-state index in [1.165, 1.54) is 17.5 Å². The van der Waals surface area contributed by atoms with Gasteiger partial charge in [0, 0.05) is 24.5 Å². The third-order valence-electron chi connectivity index (χ3n) is 5.11. The first kappa shape index (κ1) is 18.6. The van der Waals surface area contributed by atoms with Crippen LogP contribution in [0.4, 0.5) is 0 Å². The molecule has 6 heteroatoms. The van der Waals surface area contributed by atoms with E-state index in [4.69, 9.17) is 0 Å². The minimum Gasteiger partial charge on any atom is -0.352 e. The highest BCUT2D eigenvalue weighted by Gasteiger charge is 2.19. The zero-order valence-electron chi connectivity index (χ0n) is 15.7. The van der Waals surface area contributed by atoms with Gasteiger partial charge in [-0.25, -0.2) is 4.68 Å². The third-order valence-corrected chi connectivity index (χ3v) is 5.11. The normalized spacial score (nSPS) is 16.1. The SMILES string of the molecule is CC[C@H](CN1CCCC1)NC(=O)Cc1nn(CC)c(=O)c2ccccc12. The molecule has 2 aromatic rings. The van der Waals surface area contributed by atoms with Crippen molar-refractivity contribution in [1.29, 1.82) is 0 Å². The Morgan fingerprint density at radius 3 is 2.54 bits per heavy atom. The van der Waals surface area contributed by atoms with Crippen molar-refractivity contribution in [2.24, 2.45) is 0 Å². The highest BCUT2D eigenvalue weighted by molar-refractivity contribution is 5.88. The van der Waals surface area contributed by atoms with Crippen LogP contribution in [0.5, 0.6) is 0 Å². The minimum absolute atomic E-state index is 0.0324. The average Bonchev–Trinajstić information content (AvgIpc) is 3.16. The fourth-order valence-corrected chi connectivity index (χ4v) is 3.63. The summed E-state index contributed by atoms with van der Waals surface area (Å²) in [7, 11) is 0. The van der Waals surface area contributed by atoms with Crippen LogP contribution >= 0.6 is 0 Å². The molecule has 1 aliphatic heterocycles. The van der Waals surface area contributed by atoms with Gasteiger partial charge < -0.3 is 10.2 Å². The molecular weight excluding hydrogens is 328 g/mol. The van der Waals surface area contributed by atoms with E-state index in [9.17, 15) is 9.59 Å². The maximum absolute atomic E-state index is 12.6. The number of amides is 1. The van der Waals surface area contributed by atoms with Crippen molar-refractivity contribution in [2.75, 3.05) is 19.6 Å². The smallest absolute Gasteiger partial charge is 0.274 e. The molecule has 2 heterocycles. The molecule has 3 rings (SSSR count). The van der Waals surface area contributed by atoms with Gasteiger partial charge in [-0.3, -0.25) is 9.59 Å². The summed E-state index contributed by atoms with van der Waals surface area (Å²) < 4.78 is 1.44. The van der Waals surface area contributed by atoms with Gasteiger partial charge in [-0.1, -0.05) is 25.1 Å². The van der Waals surface area contributed by atoms with Crippen LogP contribution < -0.4 is 10.9 Å². The van der Waals surface area contributed by atoms with Crippen LogP contribution in [-0.4, -0.2) is 46.3 Å². The Bertz CT molecular complexity index is 824. The zero-order valence-corrected chi connectivity index (χ0v) is 15.7. The number of carbonyl (C=O) groups is 1. The topological polar surface area (TPSA) is 67.2 Å². The molecule has 26 heavy (non-hydrogen) atoms. The molecule has 1 aromatic heterocycles. The third kappa shape index (κ3) is 4.12. The number of fused-ring (bicyclic) bond motifs is 1. The van der Waals surface area contributed by atoms with E-state index in [1.807, 2.05) is 25.1 Å². The van der Waals surface area contributed by atoms with E-state index in [-0.39, 0.29) is 23.9 Å².